The number of nitrogens with one attached hydrogen (secondary N) is 1. The first-order valence-electron chi connectivity index (χ1n) is 7.39. The highest BCUT2D eigenvalue weighted by Gasteiger charge is 2.23. The van der Waals surface area contributed by atoms with Gasteiger partial charge in [0.2, 0.25) is 0 Å². The van der Waals surface area contributed by atoms with Gasteiger partial charge < -0.3 is 9.88 Å². The van der Waals surface area contributed by atoms with Gasteiger partial charge in [0.05, 0.1) is 0 Å². The van der Waals surface area contributed by atoms with E-state index in [-0.39, 0.29) is 11.9 Å². The van der Waals surface area contributed by atoms with Crippen molar-refractivity contribution >= 4 is 5.91 Å². The van der Waals surface area contributed by atoms with Crippen molar-refractivity contribution in [2.75, 3.05) is 0 Å². The number of aromatic amines is 1. The lowest BCUT2D eigenvalue weighted by molar-refractivity contribution is 0.0665. The minimum absolute atomic E-state index is 0.0544. The lowest BCUT2D eigenvalue weighted by atomic mass is 10.1. The van der Waals surface area contributed by atoms with Crippen LogP contribution in [0.15, 0.2) is 30.6 Å². The average Bonchev–Trinajstić information content (AvgIpc) is 2.83. The SMILES string of the molecule is CCC(C)N(Cc1cccnc1)C(=O)c1[nH]c(C)cc1C. The van der Waals surface area contributed by atoms with E-state index in [4.69, 9.17) is 0 Å². The van der Waals surface area contributed by atoms with Crippen molar-refractivity contribution < 1.29 is 4.79 Å². The van der Waals surface area contributed by atoms with Crippen LogP contribution in [0.5, 0.6) is 0 Å². The first kappa shape index (κ1) is 15.3. The summed E-state index contributed by atoms with van der Waals surface area (Å²) < 4.78 is 0. The Bertz CT molecular complexity index is 604. The van der Waals surface area contributed by atoms with Gasteiger partial charge >= 0.3 is 0 Å². The van der Waals surface area contributed by atoms with Gasteiger partial charge in [0.1, 0.15) is 5.69 Å². The molecule has 0 saturated heterocycles. The monoisotopic (exact) mass is 285 g/mol. The number of hydrogen-bond acceptors (Lipinski definition) is 2. The highest BCUT2D eigenvalue weighted by Crippen LogP contribution is 2.17. The Morgan fingerprint density at radius 1 is 1.43 bits per heavy atom. The lowest BCUT2D eigenvalue weighted by Crippen LogP contribution is -2.38. The lowest BCUT2D eigenvalue weighted by Gasteiger charge is -2.28. The smallest absolute Gasteiger partial charge is 0.271 e. The Morgan fingerprint density at radius 2 is 2.19 bits per heavy atom. The maximum atomic E-state index is 12.9. The second-order valence-electron chi connectivity index (χ2n) is 5.56. The van der Waals surface area contributed by atoms with Crippen molar-refractivity contribution in [3.63, 3.8) is 0 Å². The van der Waals surface area contributed by atoms with Crippen LogP contribution in [-0.4, -0.2) is 26.8 Å². The van der Waals surface area contributed by atoms with Crippen molar-refractivity contribution in [2.45, 2.75) is 46.7 Å². The molecule has 4 heteroatoms. The third-order valence-corrected chi connectivity index (χ3v) is 3.82. The normalized spacial score (nSPS) is 12.2. The van der Waals surface area contributed by atoms with Gasteiger partial charge in [0.25, 0.3) is 5.91 Å². The molecule has 2 heterocycles. The van der Waals surface area contributed by atoms with E-state index in [1.165, 1.54) is 0 Å². The van der Waals surface area contributed by atoms with Crippen molar-refractivity contribution in [3.05, 3.63) is 53.1 Å². The van der Waals surface area contributed by atoms with E-state index in [0.717, 1.165) is 23.2 Å². The number of aryl methyl sites for hydroxylation is 2. The minimum Gasteiger partial charge on any atom is -0.354 e. The topological polar surface area (TPSA) is 49.0 Å². The molecule has 1 atom stereocenters. The predicted octanol–water partition coefficient (Wildman–Crippen LogP) is 3.47. The van der Waals surface area contributed by atoms with Crippen LogP contribution in [0.2, 0.25) is 0 Å². The second-order valence-corrected chi connectivity index (χ2v) is 5.56. The Kier molecular flexibility index (Phi) is 4.78. The van der Waals surface area contributed by atoms with Gasteiger partial charge in [-0.1, -0.05) is 13.0 Å². The van der Waals surface area contributed by atoms with E-state index in [0.29, 0.717) is 12.2 Å². The summed E-state index contributed by atoms with van der Waals surface area (Å²) >= 11 is 0. The van der Waals surface area contributed by atoms with Crippen LogP contribution in [-0.2, 0) is 6.54 Å². The Hall–Kier alpha value is -2.10. The number of hydrogen-bond donors (Lipinski definition) is 1. The molecule has 0 bridgehead atoms. The van der Waals surface area contributed by atoms with Crippen LogP contribution in [0.1, 0.15) is 47.6 Å². The number of nitrogens with zero attached hydrogens (tertiary/aromatic N) is 2. The first-order chi connectivity index (χ1) is 10.0. The predicted molar refractivity (Wildman–Crippen MR) is 84.1 cm³/mol. The molecule has 0 spiro atoms. The molecule has 4 nitrogen and oxygen atoms in total. The fourth-order valence-corrected chi connectivity index (χ4v) is 2.43. The van der Waals surface area contributed by atoms with Crippen LogP contribution in [0.4, 0.5) is 0 Å². The van der Waals surface area contributed by atoms with Gasteiger partial charge in [-0.3, -0.25) is 9.78 Å². The van der Waals surface area contributed by atoms with E-state index in [2.05, 4.69) is 23.8 Å². The van der Waals surface area contributed by atoms with Gasteiger partial charge in [-0.2, -0.15) is 0 Å². The molecule has 2 aromatic heterocycles. The Labute approximate surface area is 126 Å². The summed E-state index contributed by atoms with van der Waals surface area (Å²) in [4.78, 5) is 22.1. The van der Waals surface area contributed by atoms with Gasteiger partial charge in [-0.05, 0) is 50.5 Å². The molecule has 1 amide bonds. The van der Waals surface area contributed by atoms with Crippen LogP contribution in [0.3, 0.4) is 0 Å². The molecule has 0 fully saturated rings. The van der Waals surface area contributed by atoms with E-state index in [9.17, 15) is 4.79 Å². The van der Waals surface area contributed by atoms with Crippen LogP contribution in [0, 0.1) is 13.8 Å². The molecule has 2 aromatic rings. The average molecular weight is 285 g/mol. The van der Waals surface area contributed by atoms with E-state index >= 15 is 0 Å². The number of rotatable bonds is 5. The first-order valence-corrected chi connectivity index (χ1v) is 7.39. The quantitative estimate of drug-likeness (QED) is 0.914. The van der Waals surface area contributed by atoms with Crippen molar-refractivity contribution in [2.24, 2.45) is 0 Å². The van der Waals surface area contributed by atoms with Crippen LogP contribution < -0.4 is 0 Å². The number of aromatic nitrogens is 2. The molecule has 0 aliphatic carbocycles. The number of carbonyl (C=O) groups excluding carboxylic acids is 1. The van der Waals surface area contributed by atoms with Gasteiger partial charge in [0, 0.05) is 30.7 Å². The van der Waals surface area contributed by atoms with Crippen molar-refractivity contribution in [3.8, 4) is 0 Å². The van der Waals surface area contributed by atoms with Gasteiger partial charge in [-0.25, -0.2) is 0 Å². The largest absolute Gasteiger partial charge is 0.354 e. The zero-order valence-electron chi connectivity index (χ0n) is 13.2. The minimum atomic E-state index is 0.0544. The molecule has 21 heavy (non-hydrogen) atoms. The van der Waals surface area contributed by atoms with E-state index < -0.39 is 0 Å². The zero-order chi connectivity index (χ0) is 15.4. The molecule has 112 valence electrons. The number of pyridine rings is 1. The Morgan fingerprint density at radius 3 is 2.71 bits per heavy atom. The van der Waals surface area contributed by atoms with Crippen LogP contribution in [0.25, 0.3) is 0 Å². The number of carbonyl (C=O) groups is 1. The molecule has 2 rings (SSSR count). The maximum absolute atomic E-state index is 12.9. The molecule has 0 aliphatic heterocycles. The van der Waals surface area contributed by atoms with Crippen molar-refractivity contribution in [1.82, 2.24) is 14.9 Å². The molecular weight excluding hydrogens is 262 g/mol. The Balaban J connectivity index is 2.28. The van der Waals surface area contributed by atoms with E-state index in [1.54, 1.807) is 6.20 Å². The summed E-state index contributed by atoms with van der Waals surface area (Å²) in [6.45, 7) is 8.70. The number of H-pyrrole nitrogens is 1. The molecule has 1 unspecified atom stereocenters. The standard InChI is InChI=1S/C17H23N3O/c1-5-14(4)20(11-15-7-6-8-18-10-15)17(21)16-12(2)9-13(3)19-16/h6-10,14,19H,5,11H2,1-4H3. The third kappa shape index (κ3) is 3.51. The fraction of sp³-hybridized carbons (Fsp3) is 0.412. The highest BCUT2D eigenvalue weighted by atomic mass is 16.2. The fourth-order valence-electron chi connectivity index (χ4n) is 2.43. The zero-order valence-corrected chi connectivity index (χ0v) is 13.2. The van der Waals surface area contributed by atoms with Crippen molar-refractivity contribution in [1.29, 1.82) is 0 Å². The highest BCUT2D eigenvalue weighted by molar-refractivity contribution is 5.94. The number of amides is 1. The summed E-state index contributed by atoms with van der Waals surface area (Å²) in [6.07, 6.45) is 4.48. The maximum Gasteiger partial charge on any atom is 0.271 e. The second kappa shape index (κ2) is 6.57. The molecule has 0 aliphatic rings. The molecule has 0 saturated carbocycles. The van der Waals surface area contributed by atoms with Gasteiger partial charge in [0.15, 0.2) is 0 Å². The summed E-state index contributed by atoms with van der Waals surface area (Å²) in [5.41, 5.74) is 3.75. The molecular formula is C17H23N3O. The van der Waals surface area contributed by atoms with Gasteiger partial charge in [-0.15, -0.1) is 0 Å². The summed E-state index contributed by atoms with van der Waals surface area (Å²) in [7, 11) is 0. The summed E-state index contributed by atoms with van der Waals surface area (Å²) in [5, 5.41) is 0. The molecule has 1 N–H and O–H groups in total. The van der Waals surface area contributed by atoms with E-state index in [1.807, 2.05) is 43.1 Å². The molecule has 0 aromatic carbocycles. The summed E-state index contributed by atoms with van der Waals surface area (Å²) in [5.74, 6) is 0.0544. The van der Waals surface area contributed by atoms with Crippen LogP contribution >= 0.6 is 0 Å². The third-order valence-electron chi connectivity index (χ3n) is 3.82. The molecule has 0 radical (unpaired) electrons. The summed E-state index contributed by atoms with van der Waals surface area (Å²) in [6, 6.07) is 6.09.